The van der Waals surface area contributed by atoms with E-state index in [2.05, 4.69) is 14.2 Å². The molecule has 1 aliphatic rings. The first-order chi connectivity index (χ1) is 14.3. The standard InChI is InChI=1S/C18H16F6N2O4S/c19-17(20,21)29-14-4-6-16(7-5-14)31(27,28)25-12-8-9-26(11-12)13-2-1-3-15(10-13)30-18(22,23)24/h1-7,10,12,25H,8-9,11H2/t12-/m0/s1. The molecule has 1 fully saturated rings. The molecule has 2 aromatic carbocycles. The molecule has 1 atom stereocenters. The normalized spacial score (nSPS) is 17.6. The van der Waals surface area contributed by atoms with Gasteiger partial charge in [0.25, 0.3) is 0 Å². The topological polar surface area (TPSA) is 67.9 Å². The number of benzene rings is 2. The maximum Gasteiger partial charge on any atom is 0.573 e. The Bertz CT molecular complexity index is 1010. The second kappa shape index (κ2) is 8.46. The SMILES string of the molecule is O=S(=O)(N[C@H]1CCN(c2cccc(OC(F)(F)F)c2)C1)c1ccc(OC(F)(F)F)cc1. The minimum atomic E-state index is -4.89. The number of ether oxygens (including phenoxy) is 2. The van der Waals surface area contributed by atoms with E-state index in [-0.39, 0.29) is 11.4 Å². The molecule has 0 aliphatic carbocycles. The number of anilines is 1. The van der Waals surface area contributed by atoms with Gasteiger partial charge in [0.1, 0.15) is 11.5 Å². The predicted octanol–water partition coefficient (Wildman–Crippen LogP) is 4.04. The number of sulfonamides is 1. The summed E-state index contributed by atoms with van der Waals surface area (Å²) in [4.78, 5) is 1.44. The summed E-state index contributed by atoms with van der Waals surface area (Å²) in [7, 11) is -4.03. The van der Waals surface area contributed by atoms with Crippen molar-refractivity contribution in [2.75, 3.05) is 18.0 Å². The second-order valence-corrected chi connectivity index (χ2v) is 8.33. The van der Waals surface area contributed by atoms with E-state index in [1.165, 1.54) is 12.1 Å². The highest BCUT2D eigenvalue weighted by molar-refractivity contribution is 7.89. The van der Waals surface area contributed by atoms with Crippen molar-refractivity contribution < 1.29 is 44.2 Å². The van der Waals surface area contributed by atoms with Crippen LogP contribution in [0.5, 0.6) is 11.5 Å². The molecular weight excluding hydrogens is 454 g/mol. The number of halogens is 6. The van der Waals surface area contributed by atoms with E-state index >= 15 is 0 Å². The van der Waals surface area contributed by atoms with E-state index in [1.54, 1.807) is 11.0 Å². The first kappa shape index (κ1) is 23.0. The molecule has 13 heteroatoms. The van der Waals surface area contributed by atoms with Gasteiger partial charge in [-0.15, -0.1) is 26.3 Å². The van der Waals surface area contributed by atoms with Gasteiger partial charge in [0.05, 0.1) is 4.90 Å². The molecule has 0 unspecified atom stereocenters. The summed E-state index contributed by atoms with van der Waals surface area (Å²) < 4.78 is 109. The van der Waals surface area contributed by atoms with Gasteiger partial charge in [-0.25, -0.2) is 13.1 Å². The molecule has 31 heavy (non-hydrogen) atoms. The Labute approximate surface area is 173 Å². The van der Waals surface area contributed by atoms with E-state index < -0.39 is 40.3 Å². The van der Waals surface area contributed by atoms with Crippen LogP contribution in [0.25, 0.3) is 0 Å². The van der Waals surface area contributed by atoms with Gasteiger partial charge >= 0.3 is 12.7 Å². The van der Waals surface area contributed by atoms with Crippen molar-refractivity contribution in [1.29, 1.82) is 0 Å². The van der Waals surface area contributed by atoms with Crippen molar-refractivity contribution in [2.45, 2.75) is 30.1 Å². The van der Waals surface area contributed by atoms with Gasteiger partial charge < -0.3 is 14.4 Å². The minimum absolute atomic E-state index is 0.184. The number of nitrogens with zero attached hydrogens (tertiary/aromatic N) is 1. The van der Waals surface area contributed by atoms with E-state index in [0.717, 1.165) is 30.3 Å². The number of hydrogen-bond donors (Lipinski definition) is 1. The van der Waals surface area contributed by atoms with Crippen LogP contribution in [0.1, 0.15) is 6.42 Å². The van der Waals surface area contributed by atoms with Crippen molar-refractivity contribution in [3.63, 3.8) is 0 Å². The van der Waals surface area contributed by atoms with Gasteiger partial charge in [-0.3, -0.25) is 0 Å². The third kappa shape index (κ3) is 6.66. The Hall–Kier alpha value is -2.67. The van der Waals surface area contributed by atoms with Crippen molar-refractivity contribution in [1.82, 2.24) is 4.72 Å². The summed E-state index contributed by atoms with van der Waals surface area (Å²) in [6.45, 7) is 0.561. The lowest BCUT2D eigenvalue weighted by Gasteiger charge is -2.20. The molecule has 1 saturated heterocycles. The average molecular weight is 470 g/mol. The Morgan fingerprint density at radius 1 is 0.903 bits per heavy atom. The molecule has 0 amide bonds. The first-order valence-electron chi connectivity index (χ1n) is 8.80. The molecule has 6 nitrogen and oxygen atoms in total. The van der Waals surface area contributed by atoms with Crippen LogP contribution in [-0.2, 0) is 10.0 Å². The molecule has 170 valence electrons. The monoisotopic (exact) mass is 470 g/mol. The van der Waals surface area contributed by atoms with E-state index in [4.69, 9.17) is 0 Å². The highest BCUT2D eigenvalue weighted by Gasteiger charge is 2.33. The average Bonchev–Trinajstić information content (AvgIpc) is 3.07. The van der Waals surface area contributed by atoms with Crippen molar-refractivity contribution >= 4 is 15.7 Å². The van der Waals surface area contributed by atoms with Crippen LogP contribution in [0, 0.1) is 0 Å². The zero-order valence-electron chi connectivity index (χ0n) is 15.6. The highest BCUT2D eigenvalue weighted by atomic mass is 32.2. The number of rotatable bonds is 6. The first-order valence-corrected chi connectivity index (χ1v) is 10.3. The molecular formula is C18H16F6N2O4S. The molecule has 3 rings (SSSR count). The molecule has 0 saturated carbocycles. The second-order valence-electron chi connectivity index (χ2n) is 6.62. The van der Waals surface area contributed by atoms with Gasteiger partial charge in [-0.05, 0) is 42.8 Å². The number of alkyl halides is 6. The smallest absolute Gasteiger partial charge is 0.406 e. The lowest BCUT2D eigenvalue weighted by Crippen LogP contribution is -2.37. The van der Waals surface area contributed by atoms with Crippen LogP contribution in [0.3, 0.4) is 0 Å². The van der Waals surface area contributed by atoms with Crippen LogP contribution < -0.4 is 19.1 Å². The number of hydrogen-bond acceptors (Lipinski definition) is 5. The summed E-state index contributed by atoms with van der Waals surface area (Å²) >= 11 is 0. The van der Waals surface area contributed by atoms with Crippen LogP contribution >= 0.6 is 0 Å². The predicted molar refractivity (Wildman–Crippen MR) is 97.2 cm³/mol. The Morgan fingerprint density at radius 2 is 1.52 bits per heavy atom. The number of nitrogens with one attached hydrogen (secondary N) is 1. The summed E-state index contributed by atoms with van der Waals surface area (Å²) in [6, 6.07) is 8.48. The quantitative estimate of drug-likeness (QED) is 0.646. The largest absolute Gasteiger partial charge is 0.573 e. The zero-order valence-corrected chi connectivity index (χ0v) is 16.4. The Kier molecular flexibility index (Phi) is 6.28. The van der Waals surface area contributed by atoms with Crippen LogP contribution in [0.15, 0.2) is 53.4 Å². The molecule has 0 aromatic heterocycles. The highest BCUT2D eigenvalue weighted by Crippen LogP contribution is 2.29. The van der Waals surface area contributed by atoms with Gasteiger partial charge in [0, 0.05) is 30.9 Å². The van der Waals surface area contributed by atoms with Crippen LogP contribution in [0.2, 0.25) is 0 Å². The van der Waals surface area contributed by atoms with Crippen LogP contribution in [-0.4, -0.2) is 40.3 Å². The minimum Gasteiger partial charge on any atom is -0.406 e. The van der Waals surface area contributed by atoms with Gasteiger partial charge in [-0.1, -0.05) is 6.07 Å². The molecule has 2 aromatic rings. The van der Waals surface area contributed by atoms with Crippen molar-refractivity contribution in [3.05, 3.63) is 48.5 Å². The Morgan fingerprint density at radius 3 is 2.13 bits per heavy atom. The molecule has 1 aliphatic heterocycles. The van der Waals surface area contributed by atoms with Crippen molar-refractivity contribution in [2.24, 2.45) is 0 Å². The lowest BCUT2D eigenvalue weighted by atomic mass is 10.3. The third-order valence-corrected chi connectivity index (χ3v) is 5.83. The zero-order chi connectivity index (χ0) is 22.9. The maximum atomic E-state index is 12.5. The van der Waals surface area contributed by atoms with Crippen LogP contribution in [0.4, 0.5) is 32.0 Å². The van der Waals surface area contributed by atoms with Crippen molar-refractivity contribution in [3.8, 4) is 11.5 Å². The van der Waals surface area contributed by atoms with Gasteiger partial charge in [-0.2, -0.15) is 0 Å². The van der Waals surface area contributed by atoms with E-state index in [1.807, 2.05) is 0 Å². The Balaban J connectivity index is 1.63. The third-order valence-electron chi connectivity index (χ3n) is 4.29. The van der Waals surface area contributed by atoms with Gasteiger partial charge in [0.15, 0.2) is 0 Å². The molecule has 1 heterocycles. The lowest BCUT2D eigenvalue weighted by molar-refractivity contribution is -0.275. The fourth-order valence-electron chi connectivity index (χ4n) is 3.08. The van der Waals surface area contributed by atoms with E-state index in [9.17, 15) is 34.8 Å². The summed E-state index contributed by atoms with van der Waals surface area (Å²) in [5.41, 5.74) is 0.428. The molecule has 0 bridgehead atoms. The summed E-state index contributed by atoms with van der Waals surface area (Å²) in [5, 5.41) is 0. The molecule has 0 radical (unpaired) electrons. The summed E-state index contributed by atoms with van der Waals surface area (Å²) in [6.07, 6.45) is -9.35. The maximum absolute atomic E-state index is 12.5. The fraction of sp³-hybridized carbons (Fsp3) is 0.333. The molecule has 0 spiro atoms. The van der Waals surface area contributed by atoms with E-state index in [0.29, 0.717) is 18.7 Å². The fourth-order valence-corrected chi connectivity index (χ4v) is 4.34. The molecule has 1 N–H and O–H groups in total. The summed E-state index contributed by atoms with van der Waals surface area (Å²) in [5.74, 6) is -0.949. The van der Waals surface area contributed by atoms with Gasteiger partial charge in [0.2, 0.25) is 10.0 Å².